The fraction of sp³-hybridized carbons (Fsp3) is 0.541. The summed E-state index contributed by atoms with van der Waals surface area (Å²) < 4.78 is 39.5. The lowest BCUT2D eigenvalue weighted by Gasteiger charge is -2.35. The molecule has 5 atom stereocenters. The number of ether oxygens (including phenoxy) is 2. The van der Waals surface area contributed by atoms with Gasteiger partial charge in [-0.05, 0) is 62.5 Å². The highest BCUT2D eigenvalue weighted by atomic mass is 32.2. The number of fused-ring (bicyclic) bond motifs is 4. The molecule has 6 rings (SSSR count). The fourth-order valence-corrected chi connectivity index (χ4v) is 8.13. The molecule has 2 aromatic rings. The van der Waals surface area contributed by atoms with Gasteiger partial charge in [0.1, 0.15) is 23.7 Å². The molecule has 2 aliphatic carbocycles. The van der Waals surface area contributed by atoms with E-state index in [2.05, 4.69) is 21.9 Å². The Bertz CT molecular complexity index is 1850. The van der Waals surface area contributed by atoms with Crippen LogP contribution in [-0.4, -0.2) is 84.2 Å². The fourth-order valence-electron chi connectivity index (χ4n) is 6.77. The minimum atomic E-state index is -3.89. The number of para-hydroxylation sites is 1. The maximum atomic E-state index is 14.4. The number of benzene rings is 1. The molecule has 13 nitrogen and oxygen atoms in total. The van der Waals surface area contributed by atoms with Crippen molar-refractivity contribution in [1.82, 2.24) is 25.2 Å². The van der Waals surface area contributed by atoms with Crippen LogP contribution >= 0.6 is 0 Å². The molecule has 1 aromatic heterocycles. The molecule has 0 radical (unpaired) electrons. The number of hydrogen-bond acceptors (Lipinski definition) is 9. The summed E-state index contributed by atoms with van der Waals surface area (Å²) in [6.07, 6.45) is 8.39. The largest absolute Gasteiger partial charge is 0.472 e. The third-order valence-electron chi connectivity index (χ3n) is 10.0. The van der Waals surface area contributed by atoms with Crippen LogP contribution < -0.4 is 20.1 Å². The third-order valence-corrected chi connectivity index (χ3v) is 11.8. The zero-order valence-electron chi connectivity index (χ0n) is 29.4. The van der Waals surface area contributed by atoms with Crippen LogP contribution in [0.25, 0.3) is 17.0 Å². The molecule has 51 heavy (non-hydrogen) atoms. The molecule has 4 amide bonds. The van der Waals surface area contributed by atoms with E-state index in [1.54, 1.807) is 20.8 Å². The van der Waals surface area contributed by atoms with Gasteiger partial charge in [-0.3, -0.25) is 19.1 Å². The lowest BCUT2D eigenvalue weighted by Crippen LogP contribution is -2.60. The average Bonchev–Trinajstić information content (AvgIpc) is 4.00. The molecule has 274 valence electrons. The van der Waals surface area contributed by atoms with Gasteiger partial charge in [0.05, 0.1) is 23.9 Å². The van der Waals surface area contributed by atoms with Gasteiger partial charge in [-0.15, -0.1) is 6.58 Å². The lowest BCUT2D eigenvalue weighted by atomic mass is 9.85. The predicted molar refractivity (Wildman–Crippen MR) is 191 cm³/mol. The smallest absolute Gasteiger partial charge is 0.407 e. The normalized spacial score (nSPS) is 28.2. The van der Waals surface area contributed by atoms with Crippen molar-refractivity contribution in [3.05, 3.63) is 54.6 Å². The van der Waals surface area contributed by atoms with Crippen LogP contribution in [0.15, 0.2) is 49.1 Å². The lowest BCUT2D eigenvalue weighted by molar-refractivity contribution is -0.142. The number of alkyl carbamates (subject to hydrolysis) is 1. The van der Waals surface area contributed by atoms with Crippen molar-refractivity contribution >= 4 is 50.8 Å². The van der Waals surface area contributed by atoms with Gasteiger partial charge in [-0.2, -0.15) is 0 Å². The Balaban J connectivity index is 1.33. The zero-order chi connectivity index (χ0) is 36.6. The Kier molecular flexibility index (Phi) is 10.2. The van der Waals surface area contributed by atoms with Crippen molar-refractivity contribution in [2.24, 2.45) is 11.3 Å². The van der Waals surface area contributed by atoms with Crippen molar-refractivity contribution in [3.63, 3.8) is 0 Å². The van der Waals surface area contributed by atoms with E-state index in [1.165, 1.54) is 11.0 Å². The van der Waals surface area contributed by atoms with Gasteiger partial charge >= 0.3 is 6.09 Å². The number of hydrogen-bond donors (Lipinski definition) is 3. The summed E-state index contributed by atoms with van der Waals surface area (Å²) in [6, 6.07) is 7.47. The zero-order valence-corrected chi connectivity index (χ0v) is 30.2. The number of amides is 4. The summed E-state index contributed by atoms with van der Waals surface area (Å²) in [6.45, 7) is 9.36. The maximum Gasteiger partial charge on any atom is 0.407 e. The second-order valence-electron chi connectivity index (χ2n) is 15.1. The third kappa shape index (κ3) is 8.05. The minimum Gasteiger partial charge on any atom is -0.472 e. The van der Waals surface area contributed by atoms with Gasteiger partial charge in [-0.1, -0.05) is 57.2 Å². The molecular weight excluding hydrogens is 675 g/mol. The summed E-state index contributed by atoms with van der Waals surface area (Å²) in [5.41, 5.74) is -0.842. The Hall–Kier alpha value is -4.46. The van der Waals surface area contributed by atoms with E-state index in [4.69, 9.17) is 14.5 Å². The van der Waals surface area contributed by atoms with Crippen LogP contribution in [0.1, 0.15) is 77.7 Å². The first-order valence-corrected chi connectivity index (χ1v) is 19.2. The van der Waals surface area contributed by atoms with Crippen molar-refractivity contribution in [2.75, 3.05) is 13.2 Å². The second-order valence-corrected chi connectivity index (χ2v) is 17.0. The van der Waals surface area contributed by atoms with Crippen LogP contribution in [0.5, 0.6) is 5.88 Å². The summed E-state index contributed by atoms with van der Waals surface area (Å²) in [7, 11) is -3.89. The van der Waals surface area contributed by atoms with Gasteiger partial charge < -0.3 is 25.0 Å². The molecule has 4 aliphatic rings. The number of carbonyl (C=O) groups excluding carboxylic acids is 4. The number of pyridine rings is 1. The number of allylic oxidation sites excluding steroid dienone is 1. The number of carbonyl (C=O) groups is 4. The van der Waals surface area contributed by atoms with E-state index in [-0.39, 0.29) is 26.0 Å². The highest BCUT2D eigenvalue weighted by Crippen LogP contribution is 2.45. The van der Waals surface area contributed by atoms with Gasteiger partial charge in [0.2, 0.25) is 27.7 Å². The highest BCUT2D eigenvalue weighted by Gasteiger charge is 2.62. The first kappa shape index (κ1) is 36.3. The minimum absolute atomic E-state index is 0.0158. The van der Waals surface area contributed by atoms with Crippen molar-refractivity contribution in [2.45, 2.75) is 101 Å². The Morgan fingerprint density at radius 2 is 1.90 bits per heavy atom. The van der Waals surface area contributed by atoms with Crippen LogP contribution in [0.4, 0.5) is 4.79 Å². The number of cyclic esters (lactones) is 1. The van der Waals surface area contributed by atoms with Crippen molar-refractivity contribution in [1.29, 1.82) is 0 Å². The molecule has 1 aromatic carbocycles. The first-order chi connectivity index (χ1) is 24.2. The van der Waals surface area contributed by atoms with E-state index >= 15 is 0 Å². The molecule has 3 fully saturated rings. The van der Waals surface area contributed by atoms with E-state index in [0.717, 1.165) is 35.7 Å². The van der Waals surface area contributed by atoms with Gasteiger partial charge in [-0.25, -0.2) is 18.2 Å². The maximum absolute atomic E-state index is 14.4. The SMILES string of the molecule is C=CC1C[C@]1(NC(=O)[C@@H]1C[C@@H]2CN1C(=O)[C@H](C(C)(C)C)NC(=O)OCCCCC/C=C/c1cc3ccccc3nc1O2)C(=O)NS(=O)(=O)C1CC1. The Labute approximate surface area is 298 Å². The number of nitrogens with zero attached hydrogens (tertiary/aromatic N) is 2. The summed E-state index contributed by atoms with van der Waals surface area (Å²) in [4.78, 5) is 61.3. The molecule has 1 saturated heterocycles. The molecule has 0 spiro atoms. The molecule has 2 aliphatic heterocycles. The number of sulfonamides is 1. The van der Waals surface area contributed by atoms with Gasteiger partial charge in [0.15, 0.2) is 0 Å². The Morgan fingerprint density at radius 1 is 1.14 bits per heavy atom. The monoisotopic (exact) mass is 721 g/mol. The van der Waals surface area contributed by atoms with Gasteiger partial charge in [0, 0.05) is 23.3 Å². The first-order valence-electron chi connectivity index (χ1n) is 17.7. The summed E-state index contributed by atoms with van der Waals surface area (Å²) in [5.74, 6) is -2.16. The molecule has 3 N–H and O–H groups in total. The highest BCUT2D eigenvalue weighted by molar-refractivity contribution is 7.91. The van der Waals surface area contributed by atoms with E-state index in [1.807, 2.05) is 42.5 Å². The molecule has 2 bridgehead atoms. The molecule has 14 heteroatoms. The number of rotatable bonds is 6. The molecule has 2 saturated carbocycles. The summed E-state index contributed by atoms with van der Waals surface area (Å²) >= 11 is 0. The number of nitrogens with one attached hydrogen (secondary N) is 3. The summed E-state index contributed by atoms with van der Waals surface area (Å²) in [5, 5.41) is 5.84. The van der Waals surface area contributed by atoms with Crippen LogP contribution in [-0.2, 0) is 29.1 Å². The van der Waals surface area contributed by atoms with Crippen LogP contribution in [0, 0.1) is 11.3 Å². The van der Waals surface area contributed by atoms with Gasteiger partial charge in [0.25, 0.3) is 5.91 Å². The average molecular weight is 722 g/mol. The van der Waals surface area contributed by atoms with E-state index in [9.17, 15) is 27.6 Å². The number of aromatic nitrogens is 1. The molecule has 3 heterocycles. The predicted octanol–water partition coefficient (Wildman–Crippen LogP) is 3.98. The van der Waals surface area contributed by atoms with Crippen LogP contribution in [0.3, 0.4) is 0 Å². The van der Waals surface area contributed by atoms with Crippen molar-refractivity contribution in [3.8, 4) is 5.88 Å². The molecule has 1 unspecified atom stereocenters. The van der Waals surface area contributed by atoms with Crippen molar-refractivity contribution < 1.29 is 37.1 Å². The Morgan fingerprint density at radius 3 is 2.61 bits per heavy atom. The second kappa shape index (κ2) is 14.3. The van der Waals surface area contributed by atoms with E-state index in [0.29, 0.717) is 25.1 Å². The quantitative estimate of drug-likeness (QED) is 0.373. The van der Waals surface area contributed by atoms with E-state index < -0.39 is 74.1 Å². The molecular formula is C37H47N5O8S. The standard InChI is InChI=1S/C37H47N5O8S/c1-5-25-21-37(25,34(45)41-51(47,48)27-16-17-27)40-31(43)29-20-26-22-42(29)33(44)30(36(2,3)4)39-35(46)49-18-12-8-6-7-9-14-24-19-23-13-10-11-15-28(23)38-32(24)50-26/h5,9-11,13-15,19,25-27,29-30H,1,6-8,12,16-18,20-22H2,2-4H3,(H,39,46)(H,40,43)(H,41,45)/b14-9+/t25?,26-,29+,30-,37-/m1/s1. The van der Waals surface area contributed by atoms with Crippen LogP contribution in [0.2, 0.25) is 0 Å². The topological polar surface area (TPSA) is 173 Å².